The number of ether oxygens (including phenoxy) is 1. The Morgan fingerprint density at radius 3 is 2.83 bits per heavy atom. The number of hydrogen-bond acceptors (Lipinski definition) is 3. The molecule has 0 amide bonds. The molecule has 4 nitrogen and oxygen atoms in total. The molecule has 5 heteroatoms. The average Bonchev–Trinajstić information content (AvgIpc) is 2.73. The minimum Gasteiger partial charge on any atom is -0.487 e. The minimum atomic E-state index is -0.568. The first-order valence-electron chi connectivity index (χ1n) is 5.65. The van der Waals surface area contributed by atoms with Crippen LogP contribution in [0, 0.1) is 0 Å². The van der Waals surface area contributed by atoms with Crippen molar-refractivity contribution in [3.63, 3.8) is 0 Å². The Bertz CT molecular complexity index is 538. The number of benzene rings is 1. The molecule has 0 radical (unpaired) electrons. The van der Waals surface area contributed by atoms with E-state index in [1.165, 1.54) is 0 Å². The second-order valence-corrected chi connectivity index (χ2v) is 5.04. The molecule has 96 valence electrons. The Labute approximate surface area is 114 Å². The highest BCUT2D eigenvalue weighted by Gasteiger charge is 2.10. The van der Waals surface area contributed by atoms with Gasteiger partial charge >= 0.3 is 0 Å². The van der Waals surface area contributed by atoms with Gasteiger partial charge < -0.3 is 9.84 Å². The SMILES string of the molecule is C[C@@H](O)c1cc(Br)ccc1OCc1ccn(C)n1. The lowest BCUT2D eigenvalue weighted by Crippen LogP contribution is -2.02. The predicted octanol–water partition coefficient (Wildman–Crippen LogP) is 2.81. The number of aliphatic hydroxyl groups excluding tert-OH is 1. The van der Waals surface area contributed by atoms with Gasteiger partial charge in [0, 0.05) is 23.3 Å². The molecule has 1 aromatic carbocycles. The normalized spacial score (nSPS) is 12.4. The summed E-state index contributed by atoms with van der Waals surface area (Å²) in [6.45, 7) is 2.11. The third-order valence-electron chi connectivity index (χ3n) is 2.57. The van der Waals surface area contributed by atoms with Crippen molar-refractivity contribution in [3.05, 3.63) is 46.2 Å². The third-order valence-corrected chi connectivity index (χ3v) is 3.06. The Kier molecular flexibility index (Phi) is 4.04. The zero-order chi connectivity index (χ0) is 13.1. The van der Waals surface area contributed by atoms with Crippen LogP contribution in [-0.4, -0.2) is 14.9 Å². The summed E-state index contributed by atoms with van der Waals surface area (Å²) in [6, 6.07) is 7.49. The first kappa shape index (κ1) is 13.1. The van der Waals surface area contributed by atoms with Gasteiger partial charge in [0.05, 0.1) is 11.8 Å². The maximum absolute atomic E-state index is 9.71. The Hall–Kier alpha value is -1.33. The lowest BCUT2D eigenvalue weighted by atomic mass is 10.1. The van der Waals surface area contributed by atoms with Gasteiger partial charge in [0.25, 0.3) is 0 Å². The van der Waals surface area contributed by atoms with E-state index < -0.39 is 6.10 Å². The van der Waals surface area contributed by atoms with Crippen molar-refractivity contribution in [3.8, 4) is 5.75 Å². The summed E-state index contributed by atoms with van der Waals surface area (Å²) in [7, 11) is 1.87. The van der Waals surface area contributed by atoms with Gasteiger partial charge in [0.1, 0.15) is 12.4 Å². The van der Waals surface area contributed by atoms with E-state index in [4.69, 9.17) is 4.74 Å². The highest BCUT2D eigenvalue weighted by Crippen LogP contribution is 2.28. The number of hydrogen-bond donors (Lipinski definition) is 1. The van der Waals surface area contributed by atoms with Gasteiger partial charge in [-0.1, -0.05) is 15.9 Å². The molecule has 1 N–H and O–H groups in total. The van der Waals surface area contributed by atoms with Crippen molar-refractivity contribution in [2.24, 2.45) is 7.05 Å². The van der Waals surface area contributed by atoms with Gasteiger partial charge in [-0.25, -0.2) is 0 Å². The van der Waals surface area contributed by atoms with Crippen molar-refractivity contribution >= 4 is 15.9 Å². The molecular weight excluding hydrogens is 296 g/mol. The monoisotopic (exact) mass is 310 g/mol. The maximum atomic E-state index is 9.71. The second kappa shape index (κ2) is 5.54. The fourth-order valence-electron chi connectivity index (χ4n) is 1.67. The van der Waals surface area contributed by atoms with Crippen LogP contribution in [0.25, 0.3) is 0 Å². The molecular formula is C13H15BrN2O2. The van der Waals surface area contributed by atoms with E-state index in [9.17, 15) is 5.11 Å². The predicted molar refractivity (Wildman–Crippen MR) is 72.3 cm³/mol. The zero-order valence-corrected chi connectivity index (χ0v) is 11.9. The van der Waals surface area contributed by atoms with E-state index in [2.05, 4.69) is 21.0 Å². The molecule has 1 heterocycles. The van der Waals surface area contributed by atoms with Crippen LogP contribution >= 0.6 is 15.9 Å². The molecule has 0 bridgehead atoms. The molecule has 2 rings (SSSR count). The summed E-state index contributed by atoms with van der Waals surface area (Å²) in [5.74, 6) is 0.679. The molecule has 18 heavy (non-hydrogen) atoms. The van der Waals surface area contributed by atoms with Crippen LogP contribution in [0.3, 0.4) is 0 Å². The third kappa shape index (κ3) is 3.11. The largest absolute Gasteiger partial charge is 0.487 e. The molecule has 0 unspecified atom stereocenters. The molecule has 0 aliphatic heterocycles. The average molecular weight is 311 g/mol. The zero-order valence-electron chi connectivity index (χ0n) is 10.3. The smallest absolute Gasteiger partial charge is 0.132 e. The van der Waals surface area contributed by atoms with E-state index in [-0.39, 0.29) is 0 Å². The fourth-order valence-corrected chi connectivity index (χ4v) is 2.05. The van der Waals surface area contributed by atoms with Crippen molar-refractivity contribution in [2.75, 3.05) is 0 Å². The van der Waals surface area contributed by atoms with Gasteiger partial charge in [-0.05, 0) is 31.2 Å². The van der Waals surface area contributed by atoms with Crippen molar-refractivity contribution in [1.82, 2.24) is 9.78 Å². The lowest BCUT2D eigenvalue weighted by Gasteiger charge is -2.13. The highest BCUT2D eigenvalue weighted by atomic mass is 79.9. The van der Waals surface area contributed by atoms with E-state index in [0.717, 1.165) is 15.7 Å². The van der Waals surface area contributed by atoms with Gasteiger partial charge in [0.2, 0.25) is 0 Å². The molecule has 0 aliphatic carbocycles. The van der Waals surface area contributed by atoms with Crippen LogP contribution in [0.5, 0.6) is 5.75 Å². The Balaban J connectivity index is 2.13. The molecule has 2 aromatic rings. The van der Waals surface area contributed by atoms with Crippen molar-refractivity contribution < 1.29 is 9.84 Å². The number of aryl methyl sites for hydroxylation is 1. The Morgan fingerprint density at radius 1 is 1.44 bits per heavy atom. The van der Waals surface area contributed by atoms with Crippen molar-refractivity contribution in [2.45, 2.75) is 19.6 Å². The summed E-state index contributed by atoms with van der Waals surface area (Å²) < 4.78 is 8.35. The van der Waals surface area contributed by atoms with Crippen LogP contribution in [0.2, 0.25) is 0 Å². The Morgan fingerprint density at radius 2 is 2.22 bits per heavy atom. The molecule has 0 saturated heterocycles. The summed E-state index contributed by atoms with van der Waals surface area (Å²) in [6.07, 6.45) is 1.30. The molecule has 0 fully saturated rings. The van der Waals surface area contributed by atoms with Gasteiger partial charge in [-0.2, -0.15) is 5.10 Å². The fraction of sp³-hybridized carbons (Fsp3) is 0.308. The molecule has 0 saturated carbocycles. The van der Waals surface area contributed by atoms with Crippen LogP contribution < -0.4 is 4.74 Å². The lowest BCUT2D eigenvalue weighted by molar-refractivity contribution is 0.189. The van der Waals surface area contributed by atoms with E-state index >= 15 is 0 Å². The number of nitrogens with zero attached hydrogens (tertiary/aromatic N) is 2. The standard InChI is InChI=1S/C13H15BrN2O2/c1-9(17)12-7-10(14)3-4-13(12)18-8-11-5-6-16(2)15-11/h3-7,9,17H,8H2,1-2H3/t9-/m1/s1. The maximum Gasteiger partial charge on any atom is 0.132 e. The number of halogens is 1. The van der Waals surface area contributed by atoms with Crippen LogP contribution in [0.4, 0.5) is 0 Å². The first-order chi connectivity index (χ1) is 8.56. The highest BCUT2D eigenvalue weighted by molar-refractivity contribution is 9.10. The topological polar surface area (TPSA) is 47.3 Å². The molecule has 1 aromatic heterocycles. The van der Waals surface area contributed by atoms with E-state index in [1.807, 2.05) is 37.5 Å². The summed E-state index contributed by atoms with van der Waals surface area (Å²) in [4.78, 5) is 0. The molecule has 0 spiro atoms. The second-order valence-electron chi connectivity index (χ2n) is 4.13. The molecule has 0 aliphatic rings. The van der Waals surface area contributed by atoms with Crippen LogP contribution in [-0.2, 0) is 13.7 Å². The van der Waals surface area contributed by atoms with Crippen LogP contribution in [0.1, 0.15) is 24.3 Å². The van der Waals surface area contributed by atoms with Gasteiger partial charge in [-0.3, -0.25) is 4.68 Å². The quantitative estimate of drug-likeness (QED) is 0.944. The summed E-state index contributed by atoms with van der Waals surface area (Å²) in [5, 5.41) is 13.9. The number of rotatable bonds is 4. The minimum absolute atomic E-state index is 0.391. The summed E-state index contributed by atoms with van der Waals surface area (Å²) in [5.41, 5.74) is 1.62. The van der Waals surface area contributed by atoms with Gasteiger partial charge in [-0.15, -0.1) is 0 Å². The van der Waals surface area contributed by atoms with Gasteiger partial charge in [0.15, 0.2) is 0 Å². The van der Waals surface area contributed by atoms with Crippen molar-refractivity contribution in [1.29, 1.82) is 0 Å². The molecule has 1 atom stereocenters. The number of aliphatic hydroxyl groups is 1. The van der Waals surface area contributed by atoms with E-state index in [0.29, 0.717) is 12.4 Å². The van der Waals surface area contributed by atoms with E-state index in [1.54, 1.807) is 11.6 Å². The number of aromatic nitrogens is 2. The first-order valence-corrected chi connectivity index (χ1v) is 6.44. The van der Waals surface area contributed by atoms with Crippen LogP contribution in [0.15, 0.2) is 34.9 Å². The summed E-state index contributed by atoms with van der Waals surface area (Å²) >= 11 is 3.38.